The molecule has 2 heterocycles. The molecule has 4 nitrogen and oxygen atoms in total. The van der Waals surface area contributed by atoms with Crippen molar-refractivity contribution in [3.63, 3.8) is 0 Å². The van der Waals surface area contributed by atoms with Crippen LogP contribution in [-0.4, -0.2) is 31.9 Å². The lowest BCUT2D eigenvalue weighted by molar-refractivity contribution is 0.127. The van der Waals surface area contributed by atoms with Crippen molar-refractivity contribution in [3.8, 4) is 0 Å². The van der Waals surface area contributed by atoms with Crippen LogP contribution < -0.4 is 0 Å². The van der Waals surface area contributed by atoms with Crippen LogP contribution >= 0.6 is 0 Å². The SMILES string of the molecule is O=S(=O)(CC1CCCO1)c1ccccn1. The summed E-state index contributed by atoms with van der Waals surface area (Å²) in [5.74, 6) is 0.0456. The van der Waals surface area contributed by atoms with Gasteiger partial charge in [-0.3, -0.25) is 0 Å². The van der Waals surface area contributed by atoms with Gasteiger partial charge in [-0.1, -0.05) is 6.07 Å². The Morgan fingerprint density at radius 3 is 2.93 bits per heavy atom. The summed E-state index contributed by atoms with van der Waals surface area (Å²) in [7, 11) is -3.28. The second-order valence-electron chi connectivity index (χ2n) is 3.58. The van der Waals surface area contributed by atoms with E-state index in [9.17, 15) is 8.42 Å². The first-order valence-corrected chi connectivity index (χ1v) is 6.59. The summed E-state index contributed by atoms with van der Waals surface area (Å²) in [4.78, 5) is 3.85. The molecule has 0 radical (unpaired) electrons. The molecule has 0 amide bonds. The number of ether oxygens (including phenoxy) is 1. The van der Waals surface area contributed by atoms with Gasteiger partial charge in [0.15, 0.2) is 14.9 Å². The van der Waals surface area contributed by atoms with Crippen molar-refractivity contribution in [2.24, 2.45) is 0 Å². The number of nitrogens with zero attached hydrogens (tertiary/aromatic N) is 1. The molecule has 15 heavy (non-hydrogen) atoms. The molecule has 5 heteroatoms. The van der Waals surface area contributed by atoms with Crippen molar-refractivity contribution < 1.29 is 13.2 Å². The molecule has 1 unspecified atom stereocenters. The fraction of sp³-hybridized carbons (Fsp3) is 0.500. The second-order valence-corrected chi connectivity index (χ2v) is 5.57. The second kappa shape index (κ2) is 4.28. The van der Waals surface area contributed by atoms with E-state index in [0.29, 0.717) is 6.61 Å². The van der Waals surface area contributed by atoms with Gasteiger partial charge in [-0.25, -0.2) is 13.4 Å². The highest BCUT2D eigenvalue weighted by molar-refractivity contribution is 7.91. The largest absolute Gasteiger partial charge is 0.377 e. The molecule has 0 spiro atoms. The van der Waals surface area contributed by atoms with Crippen molar-refractivity contribution in [2.75, 3.05) is 12.4 Å². The number of rotatable bonds is 3. The Morgan fingerprint density at radius 2 is 2.33 bits per heavy atom. The van der Waals surface area contributed by atoms with Gasteiger partial charge < -0.3 is 4.74 Å². The monoisotopic (exact) mass is 227 g/mol. The molecule has 0 N–H and O–H groups in total. The lowest BCUT2D eigenvalue weighted by Gasteiger charge is -2.09. The Labute approximate surface area is 89.2 Å². The van der Waals surface area contributed by atoms with E-state index in [0.717, 1.165) is 12.8 Å². The highest BCUT2D eigenvalue weighted by Gasteiger charge is 2.25. The number of aromatic nitrogens is 1. The first-order valence-electron chi connectivity index (χ1n) is 4.94. The van der Waals surface area contributed by atoms with Crippen LogP contribution in [0.15, 0.2) is 29.4 Å². The molecule has 1 saturated heterocycles. The van der Waals surface area contributed by atoms with Crippen molar-refractivity contribution in [1.82, 2.24) is 4.98 Å². The predicted molar refractivity (Wildman–Crippen MR) is 55.3 cm³/mol. The van der Waals surface area contributed by atoms with E-state index < -0.39 is 9.84 Å². The summed E-state index contributed by atoms with van der Waals surface area (Å²) < 4.78 is 29.0. The maximum atomic E-state index is 11.8. The van der Waals surface area contributed by atoms with E-state index >= 15 is 0 Å². The maximum Gasteiger partial charge on any atom is 0.198 e. The van der Waals surface area contributed by atoms with Gasteiger partial charge in [0.1, 0.15) is 0 Å². The highest BCUT2D eigenvalue weighted by atomic mass is 32.2. The van der Waals surface area contributed by atoms with Crippen LogP contribution in [0.5, 0.6) is 0 Å². The Bertz CT molecular complexity index is 410. The van der Waals surface area contributed by atoms with Crippen LogP contribution in [0.2, 0.25) is 0 Å². The van der Waals surface area contributed by atoms with Crippen LogP contribution in [0.25, 0.3) is 0 Å². The van der Waals surface area contributed by atoms with Crippen LogP contribution in [0.4, 0.5) is 0 Å². The highest BCUT2D eigenvalue weighted by Crippen LogP contribution is 2.17. The van der Waals surface area contributed by atoms with Crippen molar-refractivity contribution >= 4 is 9.84 Å². The molecule has 1 aliphatic heterocycles. The Morgan fingerprint density at radius 1 is 1.47 bits per heavy atom. The molecular weight excluding hydrogens is 214 g/mol. The summed E-state index contributed by atoms with van der Waals surface area (Å²) in [6.45, 7) is 0.669. The predicted octanol–water partition coefficient (Wildman–Crippen LogP) is 1.03. The van der Waals surface area contributed by atoms with Crippen molar-refractivity contribution in [2.45, 2.75) is 24.0 Å². The first-order chi connectivity index (χ1) is 7.18. The van der Waals surface area contributed by atoms with Gasteiger partial charge in [0.25, 0.3) is 0 Å². The summed E-state index contributed by atoms with van der Waals surface area (Å²) >= 11 is 0. The average Bonchev–Trinajstić information content (AvgIpc) is 2.71. The molecule has 0 aromatic carbocycles. The molecule has 0 bridgehead atoms. The zero-order chi connectivity index (χ0) is 10.7. The fourth-order valence-electron chi connectivity index (χ4n) is 1.64. The molecule has 1 aliphatic rings. The molecule has 82 valence electrons. The molecule has 1 atom stereocenters. The molecule has 1 fully saturated rings. The number of hydrogen-bond acceptors (Lipinski definition) is 4. The number of sulfone groups is 1. The fourth-order valence-corrected chi connectivity index (χ4v) is 3.07. The Kier molecular flexibility index (Phi) is 3.02. The van der Waals surface area contributed by atoms with Gasteiger partial charge in [0.2, 0.25) is 0 Å². The van der Waals surface area contributed by atoms with E-state index in [2.05, 4.69) is 4.98 Å². The molecule has 1 aromatic heterocycles. The smallest absolute Gasteiger partial charge is 0.198 e. The van der Waals surface area contributed by atoms with Gasteiger partial charge >= 0.3 is 0 Å². The molecule has 1 aromatic rings. The van der Waals surface area contributed by atoms with Gasteiger partial charge in [0.05, 0.1) is 11.9 Å². The van der Waals surface area contributed by atoms with E-state index in [1.807, 2.05) is 0 Å². The Balaban J connectivity index is 2.13. The summed E-state index contributed by atoms with van der Waals surface area (Å²) in [5, 5.41) is 0.139. The van der Waals surface area contributed by atoms with E-state index in [1.165, 1.54) is 12.3 Å². The standard InChI is InChI=1S/C10H13NO3S/c12-15(13,8-9-4-3-7-14-9)10-5-1-2-6-11-10/h1-2,5-6,9H,3-4,7-8H2. The van der Waals surface area contributed by atoms with Crippen molar-refractivity contribution in [3.05, 3.63) is 24.4 Å². The summed E-state index contributed by atoms with van der Waals surface area (Å²) in [5.41, 5.74) is 0. The third-order valence-electron chi connectivity index (χ3n) is 2.39. The van der Waals surface area contributed by atoms with Crippen LogP contribution in [0, 0.1) is 0 Å². The zero-order valence-electron chi connectivity index (χ0n) is 8.30. The van der Waals surface area contributed by atoms with E-state index in [4.69, 9.17) is 4.74 Å². The summed E-state index contributed by atoms with van der Waals surface area (Å²) in [6.07, 6.45) is 3.11. The summed E-state index contributed by atoms with van der Waals surface area (Å²) in [6, 6.07) is 4.89. The maximum absolute atomic E-state index is 11.8. The first kappa shape index (κ1) is 10.6. The Hall–Kier alpha value is -0.940. The van der Waals surface area contributed by atoms with Gasteiger partial charge in [-0.05, 0) is 25.0 Å². The lowest BCUT2D eigenvalue weighted by atomic mass is 10.3. The normalized spacial score (nSPS) is 21.7. The van der Waals surface area contributed by atoms with E-state index in [1.54, 1.807) is 12.1 Å². The van der Waals surface area contributed by atoms with Gasteiger partial charge in [0, 0.05) is 12.8 Å². The number of hydrogen-bond donors (Lipinski definition) is 0. The lowest BCUT2D eigenvalue weighted by Crippen LogP contribution is -2.20. The third kappa shape index (κ3) is 2.54. The van der Waals surface area contributed by atoms with Crippen molar-refractivity contribution in [1.29, 1.82) is 0 Å². The molecule has 0 aliphatic carbocycles. The quantitative estimate of drug-likeness (QED) is 0.774. The van der Waals surface area contributed by atoms with Gasteiger partial charge in [-0.15, -0.1) is 0 Å². The average molecular weight is 227 g/mol. The van der Waals surface area contributed by atoms with Crippen LogP contribution in [0.3, 0.4) is 0 Å². The minimum Gasteiger partial charge on any atom is -0.377 e. The minimum absolute atomic E-state index is 0.0456. The van der Waals surface area contributed by atoms with Crippen LogP contribution in [0.1, 0.15) is 12.8 Å². The molecule has 0 saturated carbocycles. The zero-order valence-corrected chi connectivity index (χ0v) is 9.11. The minimum atomic E-state index is -3.28. The molecular formula is C10H13NO3S. The van der Waals surface area contributed by atoms with Crippen LogP contribution in [-0.2, 0) is 14.6 Å². The van der Waals surface area contributed by atoms with Gasteiger partial charge in [-0.2, -0.15) is 0 Å². The third-order valence-corrected chi connectivity index (χ3v) is 4.08. The van der Waals surface area contributed by atoms with E-state index in [-0.39, 0.29) is 16.9 Å². The molecule has 2 rings (SSSR count). The number of pyridine rings is 1. The topological polar surface area (TPSA) is 56.3 Å².